The van der Waals surface area contributed by atoms with Crippen LogP contribution in [0.1, 0.15) is 27.8 Å². The van der Waals surface area contributed by atoms with Gasteiger partial charge in [0.2, 0.25) is 5.12 Å². The van der Waals surface area contributed by atoms with Crippen LogP contribution in [0, 0.1) is 0 Å². The van der Waals surface area contributed by atoms with E-state index in [4.69, 9.17) is 5.84 Å². The van der Waals surface area contributed by atoms with Gasteiger partial charge in [-0.15, -0.1) is 0 Å². The normalized spacial score (nSPS) is 9.73. The highest BCUT2D eigenvalue weighted by Gasteiger charge is 2.10. The van der Waals surface area contributed by atoms with Gasteiger partial charge in [-0.1, -0.05) is 18.7 Å². The SMILES string of the molecule is CCSC(=O)c1cc(C(=O)NN)ccn1. The molecule has 6 heteroatoms. The highest BCUT2D eigenvalue weighted by atomic mass is 32.2. The molecule has 0 fully saturated rings. The Balaban J connectivity index is 2.92. The van der Waals surface area contributed by atoms with E-state index in [0.717, 1.165) is 11.8 Å². The van der Waals surface area contributed by atoms with Crippen molar-refractivity contribution >= 4 is 22.8 Å². The molecule has 0 radical (unpaired) electrons. The summed E-state index contributed by atoms with van der Waals surface area (Å²) in [6, 6.07) is 2.92. The summed E-state index contributed by atoms with van der Waals surface area (Å²) in [5.74, 6) is 5.22. The highest BCUT2D eigenvalue weighted by Crippen LogP contribution is 2.11. The van der Waals surface area contributed by atoms with E-state index in [9.17, 15) is 9.59 Å². The Morgan fingerprint density at radius 1 is 1.60 bits per heavy atom. The number of amides is 1. The van der Waals surface area contributed by atoms with Crippen molar-refractivity contribution in [1.82, 2.24) is 10.4 Å². The van der Waals surface area contributed by atoms with Gasteiger partial charge in [0.05, 0.1) is 0 Å². The molecule has 0 aromatic carbocycles. The van der Waals surface area contributed by atoms with Crippen molar-refractivity contribution in [3.05, 3.63) is 29.6 Å². The Hall–Kier alpha value is -1.40. The maximum atomic E-state index is 11.4. The zero-order chi connectivity index (χ0) is 11.3. The third-order valence-corrected chi connectivity index (χ3v) is 2.40. The van der Waals surface area contributed by atoms with Gasteiger partial charge in [0.1, 0.15) is 5.69 Å². The fourth-order valence-corrected chi connectivity index (χ4v) is 1.49. The number of aromatic nitrogens is 1. The predicted molar refractivity (Wildman–Crippen MR) is 58.4 cm³/mol. The first kappa shape index (κ1) is 11.7. The van der Waals surface area contributed by atoms with Crippen LogP contribution in [0.2, 0.25) is 0 Å². The number of hydrogen-bond donors (Lipinski definition) is 2. The van der Waals surface area contributed by atoms with Crippen molar-refractivity contribution in [2.75, 3.05) is 5.75 Å². The zero-order valence-corrected chi connectivity index (χ0v) is 9.00. The van der Waals surface area contributed by atoms with Gasteiger partial charge in [-0.3, -0.25) is 20.0 Å². The van der Waals surface area contributed by atoms with Gasteiger partial charge >= 0.3 is 0 Å². The van der Waals surface area contributed by atoms with Gasteiger partial charge in [0.25, 0.3) is 5.91 Å². The summed E-state index contributed by atoms with van der Waals surface area (Å²) in [5, 5.41) is -0.149. The van der Waals surface area contributed by atoms with Crippen molar-refractivity contribution in [2.24, 2.45) is 5.84 Å². The molecule has 1 aromatic rings. The van der Waals surface area contributed by atoms with Gasteiger partial charge in [-0.25, -0.2) is 5.84 Å². The minimum Gasteiger partial charge on any atom is -0.290 e. The Kier molecular flexibility index (Phi) is 4.26. The van der Waals surface area contributed by atoms with E-state index in [1.54, 1.807) is 0 Å². The molecule has 1 rings (SSSR count). The molecule has 1 heterocycles. The molecule has 0 spiro atoms. The molecule has 15 heavy (non-hydrogen) atoms. The quantitative estimate of drug-likeness (QED) is 0.446. The van der Waals surface area contributed by atoms with E-state index in [1.165, 1.54) is 18.3 Å². The maximum Gasteiger partial charge on any atom is 0.265 e. The van der Waals surface area contributed by atoms with Crippen LogP contribution in [0.15, 0.2) is 18.3 Å². The standard InChI is InChI=1S/C9H11N3O2S/c1-2-15-9(14)7-5-6(3-4-11-7)8(13)12-10/h3-5H,2,10H2,1H3,(H,12,13). The van der Waals surface area contributed by atoms with Crippen molar-refractivity contribution < 1.29 is 9.59 Å². The van der Waals surface area contributed by atoms with Crippen molar-refractivity contribution in [1.29, 1.82) is 0 Å². The third-order valence-electron chi connectivity index (χ3n) is 1.64. The molecule has 1 aromatic heterocycles. The smallest absolute Gasteiger partial charge is 0.265 e. The molecule has 0 bridgehead atoms. The predicted octanol–water partition coefficient (Wildman–Crippen LogP) is 0.578. The van der Waals surface area contributed by atoms with Gasteiger partial charge in [0.15, 0.2) is 0 Å². The average molecular weight is 225 g/mol. The lowest BCUT2D eigenvalue weighted by atomic mass is 10.2. The summed E-state index contributed by atoms with van der Waals surface area (Å²) in [4.78, 5) is 26.5. The van der Waals surface area contributed by atoms with E-state index >= 15 is 0 Å². The fourth-order valence-electron chi connectivity index (χ4n) is 0.972. The summed E-state index contributed by atoms with van der Waals surface area (Å²) in [6.07, 6.45) is 1.41. The zero-order valence-electron chi connectivity index (χ0n) is 8.19. The minimum absolute atomic E-state index is 0.149. The Bertz CT molecular complexity index is 381. The molecule has 5 nitrogen and oxygen atoms in total. The first-order valence-corrected chi connectivity index (χ1v) is 5.31. The van der Waals surface area contributed by atoms with Crippen LogP contribution in [-0.4, -0.2) is 21.8 Å². The summed E-state index contributed by atoms with van der Waals surface area (Å²) in [6.45, 7) is 1.87. The summed E-state index contributed by atoms with van der Waals surface area (Å²) < 4.78 is 0. The van der Waals surface area contributed by atoms with E-state index in [-0.39, 0.29) is 10.8 Å². The molecule has 0 saturated carbocycles. The number of hydrogen-bond acceptors (Lipinski definition) is 5. The molecule has 0 saturated heterocycles. The van der Waals surface area contributed by atoms with Crippen LogP contribution in [0.3, 0.4) is 0 Å². The number of rotatable bonds is 3. The number of nitrogen functional groups attached to an aromatic ring is 1. The van der Waals surface area contributed by atoms with E-state index in [2.05, 4.69) is 4.98 Å². The number of nitrogens with zero attached hydrogens (tertiary/aromatic N) is 1. The van der Waals surface area contributed by atoms with Gasteiger partial charge in [0, 0.05) is 11.8 Å². The first-order chi connectivity index (χ1) is 7.19. The van der Waals surface area contributed by atoms with Gasteiger partial charge < -0.3 is 0 Å². The molecule has 0 aliphatic heterocycles. The monoisotopic (exact) mass is 225 g/mol. The van der Waals surface area contributed by atoms with E-state index in [0.29, 0.717) is 11.3 Å². The lowest BCUT2D eigenvalue weighted by Crippen LogP contribution is -2.30. The third kappa shape index (κ3) is 3.03. The number of carbonyl (C=O) groups is 2. The maximum absolute atomic E-state index is 11.4. The summed E-state index contributed by atoms with van der Waals surface area (Å²) in [7, 11) is 0. The Morgan fingerprint density at radius 2 is 2.33 bits per heavy atom. The van der Waals surface area contributed by atoms with Crippen molar-refractivity contribution in [3.63, 3.8) is 0 Å². The van der Waals surface area contributed by atoms with Crippen LogP contribution in [-0.2, 0) is 0 Å². The van der Waals surface area contributed by atoms with Crippen molar-refractivity contribution in [3.8, 4) is 0 Å². The lowest BCUT2D eigenvalue weighted by Gasteiger charge is -2.01. The highest BCUT2D eigenvalue weighted by molar-refractivity contribution is 8.14. The summed E-state index contributed by atoms with van der Waals surface area (Å²) >= 11 is 1.15. The number of pyridine rings is 1. The molecule has 3 N–H and O–H groups in total. The molecular formula is C9H11N3O2S. The van der Waals surface area contributed by atoms with Crippen LogP contribution in [0.25, 0.3) is 0 Å². The van der Waals surface area contributed by atoms with Crippen LogP contribution in [0.4, 0.5) is 0 Å². The number of thioether (sulfide) groups is 1. The second-order valence-electron chi connectivity index (χ2n) is 2.62. The first-order valence-electron chi connectivity index (χ1n) is 4.33. The molecule has 0 atom stereocenters. The second kappa shape index (κ2) is 5.47. The van der Waals surface area contributed by atoms with Crippen LogP contribution in [0.5, 0.6) is 0 Å². The van der Waals surface area contributed by atoms with E-state index < -0.39 is 5.91 Å². The lowest BCUT2D eigenvalue weighted by molar-refractivity contribution is 0.0953. The molecule has 0 aliphatic rings. The number of carbonyl (C=O) groups excluding carboxylic acids is 2. The minimum atomic E-state index is -0.437. The molecule has 0 aliphatic carbocycles. The second-order valence-corrected chi connectivity index (χ2v) is 3.86. The Morgan fingerprint density at radius 3 is 2.93 bits per heavy atom. The van der Waals surface area contributed by atoms with Crippen molar-refractivity contribution in [2.45, 2.75) is 6.92 Å². The topological polar surface area (TPSA) is 85.1 Å². The Labute approximate surface area is 91.4 Å². The molecule has 1 amide bonds. The van der Waals surface area contributed by atoms with Crippen LogP contribution < -0.4 is 11.3 Å². The van der Waals surface area contributed by atoms with E-state index in [1.807, 2.05) is 12.3 Å². The molecular weight excluding hydrogens is 214 g/mol. The van der Waals surface area contributed by atoms with Gasteiger partial charge in [-0.05, 0) is 17.9 Å². The number of nitrogens with one attached hydrogen (secondary N) is 1. The van der Waals surface area contributed by atoms with Gasteiger partial charge in [-0.2, -0.15) is 0 Å². The largest absolute Gasteiger partial charge is 0.290 e. The average Bonchev–Trinajstić information content (AvgIpc) is 2.28. The molecule has 0 unspecified atom stereocenters. The van der Waals surface area contributed by atoms with Crippen LogP contribution >= 0.6 is 11.8 Å². The molecule has 80 valence electrons. The fraction of sp³-hybridized carbons (Fsp3) is 0.222. The summed E-state index contributed by atoms with van der Waals surface area (Å²) in [5.41, 5.74) is 2.59. The number of hydrazine groups is 1. The number of nitrogens with two attached hydrogens (primary N) is 1.